The molecule has 3 rings (SSSR count). The summed E-state index contributed by atoms with van der Waals surface area (Å²) in [4.78, 5) is 8.22. The highest BCUT2D eigenvalue weighted by molar-refractivity contribution is 6.38. The van der Waals surface area contributed by atoms with Gasteiger partial charge in [-0.05, 0) is 19.1 Å². The van der Waals surface area contributed by atoms with Crippen molar-refractivity contribution in [2.75, 3.05) is 0 Å². The minimum Gasteiger partial charge on any atom is -0.334 e. The van der Waals surface area contributed by atoms with Crippen LogP contribution in [0.4, 0.5) is 0 Å². The van der Waals surface area contributed by atoms with Gasteiger partial charge in [0.05, 0.1) is 15.6 Å². The molecule has 2 heterocycles. The van der Waals surface area contributed by atoms with Crippen LogP contribution in [0.3, 0.4) is 0 Å². The maximum absolute atomic E-state index is 6.07. The SMILES string of the molecule is Cc1ccc(-c2nc(-c3c(Cl)cncc3Cl)no2)cc1. The Morgan fingerprint density at radius 2 is 1.65 bits per heavy atom. The van der Waals surface area contributed by atoms with Crippen LogP contribution in [0, 0.1) is 6.92 Å². The van der Waals surface area contributed by atoms with Crippen LogP contribution in [-0.2, 0) is 0 Å². The van der Waals surface area contributed by atoms with Crippen LogP contribution >= 0.6 is 23.2 Å². The van der Waals surface area contributed by atoms with Crippen molar-refractivity contribution in [3.05, 3.63) is 52.3 Å². The van der Waals surface area contributed by atoms with E-state index in [0.29, 0.717) is 27.3 Å². The minimum absolute atomic E-state index is 0.345. The summed E-state index contributed by atoms with van der Waals surface area (Å²) >= 11 is 12.1. The predicted molar refractivity (Wildman–Crippen MR) is 77.7 cm³/mol. The first-order valence-electron chi connectivity index (χ1n) is 5.85. The van der Waals surface area contributed by atoms with Crippen LogP contribution in [-0.4, -0.2) is 15.1 Å². The van der Waals surface area contributed by atoms with Crippen molar-refractivity contribution in [1.29, 1.82) is 0 Å². The van der Waals surface area contributed by atoms with Crippen molar-refractivity contribution in [3.8, 4) is 22.8 Å². The molecule has 0 aliphatic heterocycles. The fraction of sp³-hybridized carbons (Fsp3) is 0.0714. The maximum Gasteiger partial charge on any atom is 0.258 e. The third-order valence-corrected chi connectivity index (χ3v) is 3.37. The Morgan fingerprint density at radius 1 is 1.00 bits per heavy atom. The first kappa shape index (κ1) is 13.1. The van der Waals surface area contributed by atoms with E-state index in [4.69, 9.17) is 27.7 Å². The number of halogens is 2. The second-order valence-corrected chi connectivity index (χ2v) is 5.08. The molecule has 0 radical (unpaired) electrons. The molecule has 6 heteroatoms. The van der Waals surface area contributed by atoms with Gasteiger partial charge in [0.2, 0.25) is 5.82 Å². The maximum atomic E-state index is 6.07. The summed E-state index contributed by atoms with van der Waals surface area (Å²) in [5.41, 5.74) is 2.52. The van der Waals surface area contributed by atoms with E-state index in [2.05, 4.69) is 15.1 Å². The number of aryl methyl sites for hydroxylation is 1. The molecule has 20 heavy (non-hydrogen) atoms. The third-order valence-electron chi connectivity index (χ3n) is 2.80. The standard InChI is InChI=1S/C14H9Cl2N3O/c1-8-2-4-9(5-3-8)14-18-13(19-20-14)12-10(15)6-17-7-11(12)16/h2-7H,1H3. The molecule has 0 saturated carbocycles. The lowest BCUT2D eigenvalue weighted by molar-refractivity contribution is 0.432. The summed E-state index contributed by atoms with van der Waals surface area (Å²) in [6.45, 7) is 2.01. The van der Waals surface area contributed by atoms with Crippen molar-refractivity contribution in [1.82, 2.24) is 15.1 Å². The Bertz CT molecular complexity index is 733. The zero-order chi connectivity index (χ0) is 14.1. The van der Waals surface area contributed by atoms with Crippen LogP contribution in [0.5, 0.6) is 0 Å². The van der Waals surface area contributed by atoms with Gasteiger partial charge in [-0.3, -0.25) is 4.98 Å². The minimum atomic E-state index is 0.345. The third kappa shape index (κ3) is 2.40. The zero-order valence-electron chi connectivity index (χ0n) is 10.5. The van der Waals surface area contributed by atoms with Gasteiger partial charge in [-0.1, -0.05) is 46.1 Å². The first-order chi connectivity index (χ1) is 9.65. The molecular weight excluding hydrogens is 297 g/mol. The first-order valence-corrected chi connectivity index (χ1v) is 6.61. The Labute approximate surface area is 125 Å². The van der Waals surface area contributed by atoms with E-state index in [-0.39, 0.29) is 0 Å². The summed E-state index contributed by atoms with van der Waals surface area (Å²) in [5.74, 6) is 0.766. The molecule has 0 unspecified atom stereocenters. The Hall–Kier alpha value is -1.91. The Balaban J connectivity index is 2.04. The van der Waals surface area contributed by atoms with Gasteiger partial charge in [-0.2, -0.15) is 4.98 Å². The Kier molecular flexibility index (Phi) is 3.42. The van der Waals surface area contributed by atoms with Crippen LogP contribution in [0.25, 0.3) is 22.8 Å². The highest BCUT2D eigenvalue weighted by Crippen LogP contribution is 2.32. The lowest BCUT2D eigenvalue weighted by Gasteiger charge is -1.99. The molecule has 1 aromatic carbocycles. The van der Waals surface area contributed by atoms with Crippen LogP contribution in [0.2, 0.25) is 10.0 Å². The second-order valence-electron chi connectivity index (χ2n) is 4.27. The summed E-state index contributed by atoms with van der Waals surface area (Å²) in [7, 11) is 0. The monoisotopic (exact) mass is 305 g/mol. The number of nitrogens with zero attached hydrogens (tertiary/aromatic N) is 3. The molecule has 0 bridgehead atoms. The fourth-order valence-corrected chi connectivity index (χ4v) is 2.30. The zero-order valence-corrected chi connectivity index (χ0v) is 12.0. The number of aromatic nitrogens is 3. The normalized spacial score (nSPS) is 10.8. The average molecular weight is 306 g/mol. The summed E-state index contributed by atoms with van der Waals surface area (Å²) in [6.07, 6.45) is 2.98. The van der Waals surface area contributed by atoms with Gasteiger partial charge in [0.25, 0.3) is 5.89 Å². The van der Waals surface area contributed by atoms with Gasteiger partial charge in [0.1, 0.15) is 0 Å². The number of pyridine rings is 1. The molecule has 0 N–H and O–H groups in total. The largest absolute Gasteiger partial charge is 0.334 e. The topological polar surface area (TPSA) is 51.8 Å². The lowest BCUT2D eigenvalue weighted by Crippen LogP contribution is -1.86. The highest BCUT2D eigenvalue weighted by atomic mass is 35.5. The molecule has 100 valence electrons. The van der Waals surface area contributed by atoms with Gasteiger partial charge in [-0.15, -0.1) is 0 Å². The van der Waals surface area contributed by atoms with Crippen molar-refractivity contribution in [2.45, 2.75) is 6.92 Å². The van der Waals surface area contributed by atoms with E-state index in [9.17, 15) is 0 Å². The van der Waals surface area contributed by atoms with Crippen molar-refractivity contribution in [2.24, 2.45) is 0 Å². The van der Waals surface area contributed by atoms with E-state index in [0.717, 1.165) is 11.1 Å². The van der Waals surface area contributed by atoms with Crippen molar-refractivity contribution < 1.29 is 4.52 Å². The van der Waals surface area contributed by atoms with Crippen LogP contribution < -0.4 is 0 Å². The summed E-state index contributed by atoms with van der Waals surface area (Å²) < 4.78 is 5.26. The molecule has 0 fully saturated rings. The molecule has 2 aromatic heterocycles. The van der Waals surface area contributed by atoms with Crippen LogP contribution in [0.15, 0.2) is 41.2 Å². The van der Waals surface area contributed by atoms with Gasteiger partial charge in [-0.25, -0.2) is 0 Å². The molecule has 0 aliphatic rings. The van der Waals surface area contributed by atoms with Gasteiger partial charge >= 0.3 is 0 Å². The summed E-state index contributed by atoms with van der Waals surface area (Å²) in [6, 6.07) is 7.79. The van der Waals surface area contributed by atoms with E-state index < -0.39 is 0 Å². The van der Waals surface area contributed by atoms with Gasteiger partial charge in [0, 0.05) is 18.0 Å². The molecule has 3 aromatic rings. The smallest absolute Gasteiger partial charge is 0.258 e. The van der Waals surface area contributed by atoms with Gasteiger partial charge in [0.15, 0.2) is 0 Å². The lowest BCUT2D eigenvalue weighted by atomic mass is 10.1. The molecule has 0 saturated heterocycles. The molecule has 0 atom stereocenters. The number of rotatable bonds is 2. The predicted octanol–water partition coefficient (Wildman–Crippen LogP) is 4.41. The van der Waals surface area contributed by atoms with E-state index >= 15 is 0 Å². The van der Waals surface area contributed by atoms with Gasteiger partial charge < -0.3 is 4.52 Å². The number of hydrogen-bond donors (Lipinski definition) is 0. The molecule has 0 aliphatic carbocycles. The molecule has 0 amide bonds. The molecule has 0 spiro atoms. The van der Waals surface area contributed by atoms with E-state index in [1.807, 2.05) is 31.2 Å². The molecular formula is C14H9Cl2N3O. The van der Waals surface area contributed by atoms with E-state index in [1.54, 1.807) is 0 Å². The fourth-order valence-electron chi connectivity index (χ4n) is 1.76. The number of hydrogen-bond acceptors (Lipinski definition) is 4. The van der Waals surface area contributed by atoms with Crippen molar-refractivity contribution in [3.63, 3.8) is 0 Å². The molecule has 4 nitrogen and oxygen atoms in total. The summed E-state index contributed by atoms with van der Waals surface area (Å²) in [5, 5.41) is 4.69. The average Bonchev–Trinajstić information content (AvgIpc) is 2.89. The van der Waals surface area contributed by atoms with Crippen LogP contribution in [0.1, 0.15) is 5.56 Å². The highest BCUT2D eigenvalue weighted by Gasteiger charge is 2.16. The Morgan fingerprint density at radius 3 is 2.30 bits per heavy atom. The quantitative estimate of drug-likeness (QED) is 0.703. The second kappa shape index (κ2) is 5.23. The van der Waals surface area contributed by atoms with E-state index in [1.165, 1.54) is 12.4 Å². The number of benzene rings is 1. The van der Waals surface area contributed by atoms with Crippen molar-refractivity contribution >= 4 is 23.2 Å².